The molecule has 2 amide bonds. The van der Waals surface area contributed by atoms with Crippen LogP contribution in [0.15, 0.2) is 120 Å². The van der Waals surface area contributed by atoms with Gasteiger partial charge in [0.1, 0.15) is 18.3 Å². The average molecular weight is 600 g/mol. The largest absolute Gasteiger partial charge is 0.497 e. The zero-order valence-corrected chi connectivity index (χ0v) is 25.4. The van der Waals surface area contributed by atoms with Gasteiger partial charge in [0.2, 0.25) is 11.8 Å². The summed E-state index contributed by atoms with van der Waals surface area (Å²) in [4.78, 5) is 29.6. The highest BCUT2D eigenvalue weighted by Gasteiger charge is 2.34. The number of methoxy groups -OCH3 is 1. The second kappa shape index (κ2) is 14.5. The highest BCUT2D eigenvalue weighted by molar-refractivity contribution is 7.92. The van der Waals surface area contributed by atoms with Crippen LogP contribution in [0, 0.1) is 0 Å². The van der Waals surface area contributed by atoms with Gasteiger partial charge in [0.25, 0.3) is 10.0 Å². The molecule has 1 unspecified atom stereocenters. The summed E-state index contributed by atoms with van der Waals surface area (Å²) < 4.78 is 34.5. The van der Waals surface area contributed by atoms with Crippen molar-refractivity contribution in [2.75, 3.05) is 18.0 Å². The van der Waals surface area contributed by atoms with Gasteiger partial charge in [-0.1, -0.05) is 84.9 Å². The van der Waals surface area contributed by atoms with Crippen LogP contribution in [0.5, 0.6) is 5.75 Å². The van der Waals surface area contributed by atoms with E-state index in [-0.39, 0.29) is 35.5 Å². The summed E-state index contributed by atoms with van der Waals surface area (Å²) in [5.74, 6) is -0.398. The first-order valence-corrected chi connectivity index (χ1v) is 15.5. The van der Waals surface area contributed by atoms with E-state index in [0.717, 1.165) is 15.4 Å². The molecule has 0 radical (unpaired) electrons. The van der Waals surface area contributed by atoms with Crippen LogP contribution in [-0.4, -0.2) is 50.9 Å². The molecule has 4 aromatic rings. The number of anilines is 1. The lowest BCUT2D eigenvalue weighted by atomic mass is 10.0. The molecule has 0 bridgehead atoms. The molecule has 4 rings (SSSR count). The number of sulfonamides is 1. The predicted molar refractivity (Wildman–Crippen MR) is 168 cm³/mol. The number of ether oxygens (including phenoxy) is 1. The zero-order valence-electron chi connectivity index (χ0n) is 24.6. The summed E-state index contributed by atoms with van der Waals surface area (Å²) in [6, 6.07) is 32.3. The number of hydrogen-bond acceptors (Lipinski definition) is 5. The molecule has 0 saturated carbocycles. The van der Waals surface area contributed by atoms with E-state index in [1.807, 2.05) is 74.5 Å². The van der Waals surface area contributed by atoms with E-state index in [0.29, 0.717) is 5.75 Å². The van der Waals surface area contributed by atoms with Gasteiger partial charge in [-0.05, 0) is 49.2 Å². The van der Waals surface area contributed by atoms with Crippen molar-refractivity contribution in [3.63, 3.8) is 0 Å². The molecule has 4 aromatic carbocycles. The Morgan fingerprint density at radius 3 is 1.95 bits per heavy atom. The monoisotopic (exact) mass is 599 g/mol. The molecule has 0 spiro atoms. The fraction of sp³-hybridized carbons (Fsp3) is 0.235. The maximum atomic E-state index is 14.4. The van der Waals surface area contributed by atoms with Crippen LogP contribution < -0.4 is 14.4 Å². The Labute approximate surface area is 254 Å². The number of benzene rings is 4. The van der Waals surface area contributed by atoms with Crippen LogP contribution in [0.25, 0.3) is 0 Å². The maximum absolute atomic E-state index is 14.4. The number of nitrogens with zero attached hydrogens (tertiary/aromatic N) is 2. The molecular formula is C34H37N3O5S. The third-order valence-corrected chi connectivity index (χ3v) is 8.64. The molecule has 43 heavy (non-hydrogen) atoms. The van der Waals surface area contributed by atoms with E-state index >= 15 is 0 Å². The topological polar surface area (TPSA) is 96.0 Å². The Morgan fingerprint density at radius 1 is 0.791 bits per heavy atom. The summed E-state index contributed by atoms with van der Waals surface area (Å²) in [5, 5.41) is 2.96. The highest BCUT2D eigenvalue weighted by Crippen LogP contribution is 2.28. The third-order valence-electron chi connectivity index (χ3n) is 6.85. The number of hydrogen-bond donors (Lipinski definition) is 1. The Bertz CT molecular complexity index is 1600. The number of carbonyl (C=O) groups excluding carboxylic acids is 2. The van der Waals surface area contributed by atoms with Gasteiger partial charge in [0.05, 0.1) is 17.7 Å². The molecule has 1 atom stereocenters. The molecule has 224 valence electrons. The lowest BCUT2D eigenvalue weighted by molar-refractivity contribution is -0.140. The van der Waals surface area contributed by atoms with Crippen molar-refractivity contribution in [2.24, 2.45) is 0 Å². The van der Waals surface area contributed by atoms with Crippen LogP contribution in [0.3, 0.4) is 0 Å². The Morgan fingerprint density at radius 2 is 1.37 bits per heavy atom. The molecule has 8 nitrogen and oxygen atoms in total. The SMILES string of the molecule is COc1cccc(N(CC(=O)N(Cc2ccccc2)C(Cc2ccccc2)C(=O)NC(C)C)S(=O)(=O)c2ccccc2)c1. The van der Waals surface area contributed by atoms with Crippen LogP contribution in [0.2, 0.25) is 0 Å². The molecule has 0 aromatic heterocycles. The highest BCUT2D eigenvalue weighted by atomic mass is 32.2. The van der Waals surface area contributed by atoms with Crippen molar-refractivity contribution in [1.82, 2.24) is 10.2 Å². The predicted octanol–water partition coefficient (Wildman–Crippen LogP) is 5.06. The third kappa shape index (κ3) is 8.23. The Kier molecular flexibility index (Phi) is 10.6. The summed E-state index contributed by atoms with van der Waals surface area (Å²) in [6.45, 7) is 3.30. The van der Waals surface area contributed by atoms with Crippen LogP contribution in [0.1, 0.15) is 25.0 Å². The smallest absolute Gasteiger partial charge is 0.264 e. The Hall–Kier alpha value is -4.63. The number of nitrogens with one attached hydrogen (secondary N) is 1. The molecule has 0 aliphatic carbocycles. The number of carbonyl (C=O) groups is 2. The summed E-state index contributed by atoms with van der Waals surface area (Å²) in [5.41, 5.74) is 1.95. The fourth-order valence-corrected chi connectivity index (χ4v) is 6.16. The van der Waals surface area contributed by atoms with Crippen LogP contribution >= 0.6 is 0 Å². The second-order valence-corrected chi connectivity index (χ2v) is 12.3. The maximum Gasteiger partial charge on any atom is 0.264 e. The van der Waals surface area contributed by atoms with Crippen molar-refractivity contribution >= 4 is 27.5 Å². The first kappa shape index (κ1) is 31.3. The van der Waals surface area contributed by atoms with Crippen LogP contribution in [0.4, 0.5) is 5.69 Å². The van der Waals surface area contributed by atoms with E-state index in [1.165, 1.54) is 24.1 Å². The molecule has 0 heterocycles. The van der Waals surface area contributed by atoms with Crippen molar-refractivity contribution in [1.29, 1.82) is 0 Å². The average Bonchev–Trinajstić information content (AvgIpc) is 3.02. The minimum absolute atomic E-state index is 0.0404. The molecule has 0 saturated heterocycles. The first-order valence-electron chi connectivity index (χ1n) is 14.1. The van der Waals surface area contributed by atoms with Crippen molar-refractivity contribution < 1.29 is 22.7 Å². The lowest BCUT2D eigenvalue weighted by Gasteiger charge is -2.34. The molecule has 9 heteroatoms. The quantitative estimate of drug-likeness (QED) is 0.232. The van der Waals surface area contributed by atoms with Gasteiger partial charge in [-0.3, -0.25) is 13.9 Å². The number of amides is 2. The van der Waals surface area contributed by atoms with Crippen LogP contribution in [-0.2, 0) is 32.6 Å². The first-order chi connectivity index (χ1) is 20.7. The van der Waals surface area contributed by atoms with E-state index in [1.54, 1.807) is 42.5 Å². The minimum Gasteiger partial charge on any atom is -0.497 e. The van der Waals surface area contributed by atoms with Crippen molar-refractivity contribution in [3.05, 3.63) is 126 Å². The molecule has 0 fully saturated rings. The summed E-state index contributed by atoms with van der Waals surface area (Å²) >= 11 is 0. The van der Waals surface area contributed by atoms with Gasteiger partial charge in [-0.2, -0.15) is 0 Å². The minimum atomic E-state index is -4.17. The van der Waals surface area contributed by atoms with Crippen molar-refractivity contribution in [2.45, 2.75) is 43.8 Å². The fourth-order valence-electron chi connectivity index (χ4n) is 4.73. The molecular weight excluding hydrogens is 562 g/mol. The lowest BCUT2D eigenvalue weighted by Crippen LogP contribution is -2.54. The summed E-state index contributed by atoms with van der Waals surface area (Å²) in [6.07, 6.45) is 0.253. The summed E-state index contributed by atoms with van der Waals surface area (Å²) in [7, 11) is -2.69. The van der Waals surface area contributed by atoms with E-state index in [9.17, 15) is 18.0 Å². The van der Waals surface area contributed by atoms with Gasteiger partial charge in [-0.15, -0.1) is 0 Å². The van der Waals surface area contributed by atoms with Crippen molar-refractivity contribution in [3.8, 4) is 5.75 Å². The Balaban J connectivity index is 1.80. The van der Waals surface area contributed by atoms with Gasteiger partial charge >= 0.3 is 0 Å². The van der Waals surface area contributed by atoms with Gasteiger partial charge in [0.15, 0.2) is 0 Å². The normalized spacial score (nSPS) is 11.9. The molecule has 1 N–H and O–H groups in total. The van der Waals surface area contributed by atoms with E-state index in [2.05, 4.69) is 5.32 Å². The zero-order chi connectivity index (χ0) is 30.8. The van der Waals surface area contributed by atoms with E-state index in [4.69, 9.17) is 4.74 Å². The van der Waals surface area contributed by atoms with Gasteiger partial charge in [-0.25, -0.2) is 8.42 Å². The van der Waals surface area contributed by atoms with Gasteiger partial charge in [0, 0.05) is 25.1 Å². The second-order valence-electron chi connectivity index (χ2n) is 10.4. The standard InChI is InChI=1S/C34H37N3O5S/c1-26(2)35-34(39)32(22-27-14-7-4-8-15-27)36(24-28-16-9-5-10-17-28)33(38)25-37(29-18-13-19-30(23-29)42-3)43(40,41)31-20-11-6-12-21-31/h4-21,23,26,32H,22,24-25H2,1-3H3,(H,35,39). The number of rotatable bonds is 13. The van der Waals surface area contributed by atoms with E-state index < -0.39 is 28.5 Å². The van der Waals surface area contributed by atoms with Gasteiger partial charge < -0.3 is 15.0 Å². The molecule has 0 aliphatic rings. The molecule has 0 aliphatic heterocycles.